The van der Waals surface area contributed by atoms with Crippen molar-refractivity contribution >= 4 is 0 Å². The Morgan fingerprint density at radius 1 is 0.824 bits per heavy atom. The summed E-state index contributed by atoms with van der Waals surface area (Å²) in [6.07, 6.45) is 0.735. The lowest BCUT2D eigenvalue weighted by Gasteiger charge is -2.10. The fourth-order valence-electron chi connectivity index (χ4n) is 1.88. The van der Waals surface area contributed by atoms with Gasteiger partial charge in [0.15, 0.2) is 0 Å². The number of phenolic OH excluding ortho intramolecular Hbond substituents is 3. The van der Waals surface area contributed by atoms with Crippen LogP contribution in [-0.2, 0) is 6.42 Å². The van der Waals surface area contributed by atoms with Gasteiger partial charge in [-0.2, -0.15) is 0 Å². The molecule has 0 aromatic heterocycles. The Morgan fingerprint density at radius 2 is 1.47 bits per heavy atom. The average molecular weight is 230 g/mol. The van der Waals surface area contributed by atoms with Gasteiger partial charge in [-0.3, -0.25) is 0 Å². The minimum atomic E-state index is 0.105. The molecule has 0 saturated heterocycles. The van der Waals surface area contributed by atoms with E-state index in [0.29, 0.717) is 5.56 Å². The Balaban J connectivity index is 2.63. The van der Waals surface area contributed by atoms with E-state index in [0.717, 1.165) is 17.5 Å². The Labute approximate surface area is 99.6 Å². The quantitative estimate of drug-likeness (QED) is 0.695. The lowest BCUT2D eigenvalue weighted by Crippen LogP contribution is -1.88. The molecule has 0 spiro atoms. The monoisotopic (exact) mass is 230 g/mol. The molecule has 17 heavy (non-hydrogen) atoms. The van der Waals surface area contributed by atoms with Gasteiger partial charge in [0, 0.05) is 5.56 Å². The molecule has 0 bridgehead atoms. The number of phenols is 3. The molecule has 3 heteroatoms. The van der Waals surface area contributed by atoms with Gasteiger partial charge in [0.25, 0.3) is 0 Å². The van der Waals surface area contributed by atoms with Crippen molar-refractivity contribution in [2.24, 2.45) is 0 Å². The predicted molar refractivity (Wildman–Crippen MR) is 66.3 cm³/mol. The molecule has 3 nitrogen and oxygen atoms in total. The second kappa shape index (κ2) is 4.37. The van der Waals surface area contributed by atoms with Crippen molar-refractivity contribution in [1.82, 2.24) is 0 Å². The number of benzene rings is 2. The van der Waals surface area contributed by atoms with Crippen molar-refractivity contribution < 1.29 is 15.3 Å². The van der Waals surface area contributed by atoms with E-state index >= 15 is 0 Å². The summed E-state index contributed by atoms with van der Waals surface area (Å²) >= 11 is 0. The molecule has 2 aromatic rings. The van der Waals surface area contributed by atoms with E-state index in [1.807, 2.05) is 6.92 Å². The summed E-state index contributed by atoms with van der Waals surface area (Å²) in [4.78, 5) is 0. The van der Waals surface area contributed by atoms with Gasteiger partial charge in [-0.1, -0.05) is 13.0 Å². The van der Waals surface area contributed by atoms with Crippen molar-refractivity contribution in [3.8, 4) is 28.4 Å². The van der Waals surface area contributed by atoms with E-state index in [-0.39, 0.29) is 17.2 Å². The summed E-state index contributed by atoms with van der Waals surface area (Å²) in [5.41, 5.74) is 2.31. The highest BCUT2D eigenvalue weighted by Crippen LogP contribution is 2.35. The zero-order valence-corrected chi connectivity index (χ0v) is 9.51. The Bertz CT molecular complexity index is 547. The molecule has 2 rings (SSSR count). The largest absolute Gasteiger partial charge is 0.508 e. The van der Waals surface area contributed by atoms with Crippen LogP contribution < -0.4 is 0 Å². The average Bonchev–Trinajstić information content (AvgIpc) is 2.32. The van der Waals surface area contributed by atoms with Gasteiger partial charge >= 0.3 is 0 Å². The zero-order chi connectivity index (χ0) is 12.4. The standard InChI is InChI=1S/C14H14O3/c1-2-9-7-10(15)3-5-12(9)13-8-11(16)4-6-14(13)17/h3-8,15-17H,2H2,1H3. The first kappa shape index (κ1) is 11.3. The van der Waals surface area contributed by atoms with Crippen LogP contribution in [0.5, 0.6) is 17.2 Å². The minimum Gasteiger partial charge on any atom is -0.508 e. The summed E-state index contributed by atoms with van der Waals surface area (Å²) in [5, 5.41) is 28.7. The fourth-order valence-corrected chi connectivity index (χ4v) is 1.88. The molecule has 0 unspecified atom stereocenters. The maximum atomic E-state index is 9.80. The lowest BCUT2D eigenvalue weighted by atomic mass is 9.97. The molecule has 0 heterocycles. The zero-order valence-electron chi connectivity index (χ0n) is 9.51. The van der Waals surface area contributed by atoms with Gasteiger partial charge in [0.05, 0.1) is 0 Å². The first-order valence-electron chi connectivity index (χ1n) is 5.46. The highest BCUT2D eigenvalue weighted by molar-refractivity contribution is 5.75. The number of rotatable bonds is 2. The van der Waals surface area contributed by atoms with Crippen LogP contribution in [0.2, 0.25) is 0 Å². The van der Waals surface area contributed by atoms with Crippen LogP contribution in [0.1, 0.15) is 12.5 Å². The van der Waals surface area contributed by atoms with E-state index in [9.17, 15) is 15.3 Å². The Hall–Kier alpha value is -2.16. The molecule has 0 aliphatic carbocycles. The second-order valence-corrected chi connectivity index (χ2v) is 3.90. The molecule has 0 radical (unpaired) electrons. The summed E-state index contributed by atoms with van der Waals surface area (Å²) in [7, 11) is 0. The molecule has 0 amide bonds. The lowest BCUT2D eigenvalue weighted by molar-refractivity contribution is 0.461. The summed E-state index contributed by atoms with van der Waals surface area (Å²) < 4.78 is 0. The van der Waals surface area contributed by atoms with E-state index in [1.165, 1.54) is 18.2 Å². The molecular weight excluding hydrogens is 216 g/mol. The van der Waals surface area contributed by atoms with Crippen LogP contribution in [0.15, 0.2) is 36.4 Å². The fraction of sp³-hybridized carbons (Fsp3) is 0.143. The Kier molecular flexibility index (Phi) is 2.91. The molecule has 88 valence electrons. The molecule has 0 fully saturated rings. The van der Waals surface area contributed by atoms with E-state index in [1.54, 1.807) is 18.2 Å². The summed E-state index contributed by atoms with van der Waals surface area (Å²) in [5.74, 6) is 0.418. The van der Waals surface area contributed by atoms with Gasteiger partial charge in [-0.05, 0) is 47.9 Å². The van der Waals surface area contributed by atoms with Gasteiger partial charge < -0.3 is 15.3 Å². The van der Waals surface area contributed by atoms with Crippen LogP contribution in [0.4, 0.5) is 0 Å². The molecule has 0 atom stereocenters. The van der Waals surface area contributed by atoms with Crippen LogP contribution in [0.25, 0.3) is 11.1 Å². The van der Waals surface area contributed by atoms with Gasteiger partial charge in [0.1, 0.15) is 17.2 Å². The first-order valence-corrected chi connectivity index (χ1v) is 5.46. The third kappa shape index (κ3) is 2.18. The minimum absolute atomic E-state index is 0.105. The maximum Gasteiger partial charge on any atom is 0.123 e. The van der Waals surface area contributed by atoms with E-state index in [4.69, 9.17) is 0 Å². The van der Waals surface area contributed by atoms with Gasteiger partial charge in [0.2, 0.25) is 0 Å². The first-order chi connectivity index (χ1) is 8.11. The number of hydrogen-bond donors (Lipinski definition) is 3. The van der Waals surface area contributed by atoms with Crippen LogP contribution in [0.3, 0.4) is 0 Å². The molecule has 3 N–H and O–H groups in total. The van der Waals surface area contributed by atoms with Crippen molar-refractivity contribution in [3.63, 3.8) is 0 Å². The van der Waals surface area contributed by atoms with Crippen molar-refractivity contribution in [2.75, 3.05) is 0 Å². The van der Waals surface area contributed by atoms with Crippen molar-refractivity contribution in [1.29, 1.82) is 0 Å². The van der Waals surface area contributed by atoms with Crippen molar-refractivity contribution in [3.05, 3.63) is 42.0 Å². The molecule has 0 aliphatic heterocycles. The molecule has 0 saturated carbocycles. The van der Waals surface area contributed by atoms with Crippen LogP contribution >= 0.6 is 0 Å². The normalized spacial score (nSPS) is 10.4. The Morgan fingerprint density at radius 3 is 2.18 bits per heavy atom. The highest BCUT2D eigenvalue weighted by atomic mass is 16.3. The summed E-state index contributed by atoms with van der Waals surface area (Å²) in [6.45, 7) is 1.97. The second-order valence-electron chi connectivity index (χ2n) is 3.90. The third-order valence-corrected chi connectivity index (χ3v) is 2.74. The number of aryl methyl sites for hydroxylation is 1. The van der Waals surface area contributed by atoms with Crippen LogP contribution in [-0.4, -0.2) is 15.3 Å². The predicted octanol–water partition coefficient (Wildman–Crippen LogP) is 3.03. The maximum absolute atomic E-state index is 9.80. The third-order valence-electron chi connectivity index (χ3n) is 2.74. The molecular formula is C14H14O3. The highest BCUT2D eigenvalue weighted by Gasteiger charge is 2.10. The van der Waals surface area contributed by atoms with Crippen LogP contribution in [0, 0.1) is 0 Å². The van der Waals surface area contributed by atoms with Crippen molar-refractivity contribution in [2.45, 2.75) is 13.3 Å². The van der Waals surface area contributed by atoms with Gasteiger partial charge in [-0.15, -0.1) is 0 Å². The van der Waals surface area contributed by atoms with Gasteiger partial charge in [-0.25, -0.2) is 0 Å². The van der Waals surface area contributed by atoms with E-state index < -0.39 is 0 Å². The smallest absolute Gasteiger partial charge is 0.123 e. The topological polar surface area (TPSA) is 60.7 Å². The van der Waals surface area contributed by atoms with E-state index in [2.05, 4.69) is 0 Å². The summed E-state index contributed by atoms with van der Waals surface area (Å²) in [6, 6.07) is 9.38. The number of hydrogen-bond acceptors (Lipinski definition) is 3. The number of aromatic hydroxyl groups is 3. The molecule has 0 aliphatic rings. The SMILES string of the molecule is CCc1cc(O)ccc1-c1cc(O)ccc1O. The molecule has 2 aromatic carbocycles.